The first-order chi connectivity index (χ1) is 4.93. The van der Waals surface area contributed by atoms with Crippen LogP contribution < -0.4 is 4.46 Å². The van der Waals surface area contributed by atoms with Gasteiger partial charge in [0.15, 0.2) is 0 Å². The molecule has 0 bridgehead atoms. The molecular weight excluding hydrogens is 187 g/mol. The summed E-state index contributed by atoms with van der Waals surface area (Å²) < 4.78 is 1.52. The van der Waals surface area contributed by atoms with E-state index in [1.165, 1.54) is 16.2 Å². The molecular formula is C9H12Se. The average Bonchev–Trinajstić information content (AvgIpc) is 2.03. The van der Waals surface area contributed by atoms with Gasteiger partial charge in [-0.25, -0.2) is 0 Å². The van der Waals surface area contributed by atoms with Gasteiger partial charge in [-0.05, 0) is 0 Å². The van der Waals surface area contributed by atoms with Crippen molar-refractivity contribution in [3.05, 3.63) is 30.3 Å². The SMILES string of the molecule is CCC[Se]c1ccccc1. The Morgan fingerprint density at radius 1 is 1.20 bits per heavy atom. The number of hydrogen-bond acceptors (Lipinski definition) is 0. The van der Waals surface area contributed by atoms with E-state index in [-0.39, 0.29) is 0 Å². The van der Waals surface area contributed by atoms with Crippen LogP contribution in [0.1, 0.15) is 13.3 Å². The van der Waals surface area contributed by atoms with Crippen molar-refractivity contribution in [2.75, 3.05) is 0 Å². The predicted octanol–water partition coefficient (Wildman–Crippen LogP) is 1.84. The summed E-state index contributed by atoms with van der Waals surface area (Å²) in [6.45, 7) is 2.24. The fourth-order valence-corrected chi connectivity index (χ4v) is 2.39. The van der Waals surface area contributed by atoms with Gasteiger partial charge in [-0.2, -0.15) is 0 Å². The molecule has 0 saturated heterocycles. The summed E-state index contributed by atoms with van der Waals surface area (Å²) in [6.07, 6.45) is 1.31. The van der Waals surface area contributed by atoms with E-state index in [0.717, 1.165) is 15.0 Å². The van der Waals surface area contributed by atoms with E-state index in [2.05, 4.69) is 37.3 Å². The molecule has 10 heavy (non-hydrogen) atoms. The summed E-state index contributed by atoms with van der Waals surface area (Å²) in [5.74, 6) is 0. The molecule has 54 valence electrons. The second kappa shape index (κ2) is 4.54. The summed E-state index contributed by atoms with van der Waals surface area (Å²) in [4.78, 5) is 0. The Morgan fingerprint density at radius 3 is 2.50 bits per heavy atom. The summed E-state index contributed by atoms with van der Waals surface area (Å²) in [5.41, 5.74) is 0. The molecule has 0 N–H and O–H groups in total. The molecule has 1 rings (SSSR count). The molecule has 0 heterocycles. The fraction of sp³-hybridized carbons (Fsp3) is 0.333. The molecule has 0 nitrogen and oxygen atoms in total. The molecule has 0 aliphatic rings. The van der Waals surface area contributed by atoms with Gasteiger partial charge in [-0.15, -0.1) is 0 Å². The Kier molecular flexibility index (Phi) is 3.56. The van der Waals surface area contributed by atoms with E-state index in [1.54, 1.807) is 0 Å². The normalized spacial score (nSPS) is 9.70. The van der Waals surface area contributed by atoms with Gasteiger partial charge in [0.1, 0.15) is 0 Å². The molecule has 0 fully saturated rings. The average molecular weight is 199 g/mol. The predicted molar refractivity (Wildman–Crippen MR) is 46.9 cm³/mol. The summed E-state index contributed by atoms with van der Waals surface area (Å²) in [5, 5.41) is 1.37. The summed E-state index contributed by atoms with van der Waals surface area (Å²) in [6, 6.07) is 10.7. The van der Waals surface area contributed by atoms with Crippen LogP contribution in [0.15, 0.2) is 30.3 Å². The topological polar surface area (TPSA) is 0 Å². The van der Waals surface area contributed by atoms with E-state index < -0.39 is 0 Å². The van der Waals surface area contributed by atoms with Crippen LogP contribution >= 0.6 is 0 Å². The Morgan fingerprint density at radius 2 is 1.90 bits per heavy atom. The molecule has 1 aromatic carbocycles. The third kappa shape index (κ3) is 2.55. The van der Waals surface area contributed by atoms with Crippen LogP contribution in [-0.2, 0) is 0 Å². The maximum absolute atomic E-state index is 2.24. The fourth-order valence-electron chi connectivity index (χ4n) is 0.737. The third-order valence-electron chi connectivity index (χ3n) is 1.22. The van der Waals surface area contributed by atoms with Gasteiger partial charge in [0.25, 0.3) is 0 Å². The van der Waals surface area contributed by atoms with Crippen LogP contribution in [0, 0.1) is 0 Å². The van der Waals surface area contributed by atoms with Crippen molar-refractivity contribution in [2.45, 2.75) is 18.7 Å². The first-order valence-corrected chi connectivity index (χ1v) is 5.68. The van der Waals surface area contributed by atoms with Crippen LogP contribution in [0.25, 0.3) is 0 Å². The van der Waals surface area contributed by atoms with Crippen LogP contribution in [0.2, 0.25) is 5.32 Å². The monoisotopic (exact) mass is 200 g/mol. The zero-order valence-electron chi connectivity index (χ0n) is 6.21. The van der Waals surface area contributed by atoms with Crippen molar-refractivity contribution >= 4 is 19.4 Å². The molecule has 0 unspecified atom stereocenters. The number of rotatable bonds is 3. The van der Waals surface area contributed by atoms with Gasteiger partial charge in [0, 0.05) is 0 Å². The minimum atomic E-state index is 0.718. The zero-order chi connectivity index (χ0) is 7.23. The van der Waals surface area contributed by atoms with Gasteiger partial charge in [0.05, 0.1) is 0 Å². The van der Waals surface area contributed by atoms with E-state index in [4.69, 9.17) is 0 Å². The first kappa shape index (κ1) is 7.84. The van der Waals surface area contributed by atoms with Gasteiger partial charge in [0.2, 0.25) is 0 Å². The maximum atomic E-state index is 2.24. The second-order valence-corrected chi connectivity index (χ2v) is 4.61. The van der Waals surface area contributed by atoms with E-state index >= 15 is 0 Å². The van der Waals surface area contributed by atoms with Gasteiger partial charge >= 0.3 is 68.4 Å². The molecule has 1 heteroatoms. The van der Waals surface area contributed by atoms with Gasteiger partial charge < -0.3 is 0 Å². The first-order valence-electron chi connectivity index (χ1n) is 3.61. The van der Waals surface area contributed by atoms with Crippen LogP contribution in [0.3, 0.4) is 0 Å². The Bertz CT molecular complexity index is 169. The van der Waals surface area contributed by atoms with Crippen LogP contribution in [0.4, 0.5) is 0 Å². The molecule has 0 amide bonds. The molecule has 0 radical (unpaired) electrons. The van der Waals surface area contributed by atoms with Gasteiger partial charge in [-0.1, -0.05) is 0 Å². The third-order valence-corrected chi connectivity index (χ3v) is 3.77. The molecule has 0 atom stereocenters. The van der Waals surface area contributed by atoms with Crippen molar-refractivity contribution in [3.8, 4) is 0 Å². The molecule has 0 aliphatic heterocycles. The second-order valence-electron chi connectivity index (χ2n) is 2.16. The van der Waals surface area contributed by atoms with E-state index in [0.29, 0.717) is 0 Å². The Balaban J connectivity index is 2.43. The van der Waals surface area contributed by atoms with Crippen molar-refractivity contribution in [2.24, 2.45) is 0 Å². The Hall–Kier alpha value is -0.261. The standard InChI is InChI=1S/C9H12Se/c1-2-8-10-9-6-4-3-5-7-9/h3-7H,2,8H2,1H3. The van der Waals surface area contributed by atoms with Crippen molar-refractivity contribution in [1.82, 2.24) is 0 Å². The van der Waals surface area contributed by atoms with Crippen molar-refractivity contribution in [3.63, 3.8) is 0 Å². The van der Waals surface area contributed by atoms with Gasteiger partial charge in [-0.3, -0.25) is 0 Å². The zero-order valence-corrected chi connectivity index (χ0v) is 7.92. The molecule has 0 aromatic heterocycles. The Labute approximate surface area is 68.8 Å². The summed E-state index contributed by atoms with van der Waals surface area (Å²) >= 11 is 0.718. The quantitative estimate of drug-likeness (QED) is 0.651. The van der Waals surface area contributed by atoms with E-state index in [1.807, 2.05) is 0 Å². The molecule has 0 saturated carbocycles. The number of benzene rings is 1. The molecule has 0 aliphatic carbocycles. The van der Waals surface area contributed by atoms with E-state index in [9.17, 15) is 0 Å². The minimum absolute atomic E-state index is 0.718. The molecule has 0 spiro atoms. The van der Waals surface area contributed by atoms with Crippen LogP contribution in [-0.4, -0.2) is 15.0 Å². The summed E-state index contributed by atoms with van der Waals surface area (Å²) in [7, 11) is 0. The van der Waals surface area contributed by atoms with Crippen LogP contribution in [0.5, 0.6) is 0 Å². The number of hydrogen-bond donors (Lipinski definition) is 0. The van der Waals surface area contributed by atoms with Crippen molar-refractivity contribution < 1.29 is 0 Å². The van der Waals surface area contributed by atoms with Crippen molar-refractivity contribution in [1.29, 1.82) is 0 Å². The molecule has 1 aromatic rings.